The summed E-state index contributed by atoms with van der Waals surface area (Å²) in [5, 5.41) is 2.22. The van der Waals surface area contributed by atoms with Crippen molar-refractivity contribution in [3.63, 3.8) is 0 Å². The van der Waals surface area contributed by atoms with Crippen LogP contribution in [0.1, 0.15) is 16.7 Å². The van der Waals surface area contributed by atoms with Crippen molar-refractivity contribution in [1.29, 1.82) is 0 Å². The van der Waals surface area contributed by atoms with E-state index in [1.807, 2.05) is 12.1 Å². The number of amidine groups is 1. The van der Waals surface area contributed by atoms with Crippen molar-refractivity contribution >= 4 is 50.5 Å². The van der Waals surface area contributed by atoms with Gasteiger partial charge in [0.15, 0.2) is 0 Å². The Balaban J connectivity index is 1.15. The number of rotatable bonds is 2. The van der Waals surface area contributed by atoms with Gasteiger partial charge in [0.2, 0.25) is 0 Å². The van der Waals surface area contributed by atoms with Gasteiger partial charge in [-0.25, -0.2) is 0 Å². The third-order valence-corrected chi connectivity index (χ3v) is 14.1. The zero-order valence-corrected chi connectivity index (χ0v) is 29.5. The molecule has 1 spiro atoms. The van der Waals surface area contributed by atoms with E-state index in [0.29, 0.717) is 3.92 Å². The topological polar surface area (TPSA) is 41.1 Å². The van der Waals surface area contributed by atoms with Crippen molar-refractivity contribution < 1.29 is 25.6 Å². The Morgan fingerprint density at radius 1 is 0.490 bits per heavy atom. The Kier molecular flexibility index (Phi) is 6.31. The molecule has 1 saturated heterocycles. The number of anilines is 3. The van der Waals surface area contributed by atoms with Gasteiger partial charge in [-0.15, -0.1) is 0 Å². The van der Waals surface area contributed by atoms with Crippen LogP contribution < -0.4 is 26.1 Å². The molecule has 2 atom stereocenters. The summed E-state index contributed by atoms with van der Waals surface area (Å²) in [4.78, 5) is 13.3. The van der Waals surface area contributed by atoms with Crippen molar-refractivity contribution in [2.45, 2.75) is 7.47 Å². The van der Waals surface area contributed by atoms with Crippen LogP contribution in [0, 0.1) is 0 Å². The number of fused-ring (bicyclic) bond motifs is 14. The predicted molar refractivity (Wildman–Crippen MR) is 204 cm³/mol. The number of benzene rings is 7. The summed E-state index contributed by atoms with van der Waals surface area (Å²) in [5.41, 5.74) is 14.4. The maximum absolute atomic E-state index is 6.23. The predicted octanol–water partition coefficient (Wildman–Crippen LogP) is 8.28. The Labute approximate surface area is 305 Å². The van der Waals surface area contributed by atoms with E-state index in [9.17, 15) is 0 Å². The number of para-hydroxylation sites is 1. The fraction of sp³-hybridized carbons (Fsp3) is 0.0435. The monoisotopic (exact) mass is 766 g/mol. The van der Waals surface area contributed by atoms with Crippen LogP contribution in [0.25, 0.3) is 44.2 Å². The van der Waals surface area contributed by atoms with Crippen LogP contribution in [0.2, 0.25) is 0 Å². The Bertz CT molecular complexity index is 2760. The molecular weight excluding hydrogens is 737 g/mol. The van der Waals surface area contributed by atoms with Crippen LogP contribution in [-0.4, -0.2) is 15.5 Å². The van der Waals surface area contributed by atoms with E-state index in [4.69, 9.17) is 14.4 Å². The zero-order chi connectivity index (χ0) is 33.5. The van der Waals surface area contributed by atoms with Crippen LogP contribution in [0.5, 0.6) is 0 Å². The third-order valence-electron chi connectivity index (χ3n) is 10.2. The van der Waals surface area contributed by atoms with Gasteiger partial charge in [0, 0.05) is 0 Å². The van der Waals surface area contributed by atoms with Gasteiger partial charge in [0.25, 0.3) is 0 Å². The molecule has 7 aromatic carbocycles. The molecule has 8 aromatic rings. The summed E-state index contributed by atoms with van der Waals surface area (Å²) < 4.78 is 6.33. The van der Waals surface area contributed by atoms with Crippen LogP contribution >= 0.6 is 0 Å². The molecule has 0 N–H and O–H groups in total. The summed E-state index contributed by atoms with van der Waals surface area (Å²) >= 11 is -0.309. The molecule has 3 aliphatic heterocycles. The van der Waals surface area contributed by atoms with Crippen molar-refractivity contribution in [3.8, 4) is 22.3 Å². The van der Waals surface area contributed by atoms with E-state index in [2.05, 4.69) is 163 Å². The summed E-state index contributed by atoms with van der Waals surface area (Å²) in [5.74, 6) is 0.821. The van der Waals surface area contributed by atoms with Gasteiger partial charge >= 0.3 is 273 Å². The van der Waals surface area contributed by atoms with Crippen LogP contribution in [0.15, 0.2) is 184 Å². The first-order chi connectivity index (χ1) is 25.2. The number of alkyl halides is 2. The molecule has 5 heteroatoms. The van der Waals surface area contributed by atoms with Gasteiger partial charge in [0.05, 0.1) is 0 Å². The first-order valence-electron chi connectivity index (χ1n) is 17.2. The molecule has 11 rings (SSSR count). The fourth-order valence-corrected chi connectivity index (χ4v) is 11.1. The average Bonchev–Trinajstić information content (AvgIpc) is 3.84. The minimum atomic E-state index is -0.309. The zero-order valence-electron chi connectivity index (χ0n) is 27.4. The molecule has 10 bridgehead atoms. The molecule has 3 aliphatic rings. The standard InChI is InChI=1S/C46H29IN3O/c1-2-10-29(11-3-1)43-44-46(47-44)35-17-7-13-31(25-35)33-15-9-19-37(27-33)50(38-22-23-42-40(28-38)39-20-4-5-21-41(39)51-42)36-18-8-14-32(26-36)30-12-6-16-34(24-30)45(48-43)49-46/h1-28,44H/q-1. The summed E-state index contributed by atoms with van der Waals surface area (Å²) in [7, 11) is 0. The summed E-state index contributed by atoms with van der Waals surface area (Å²) in [6.45, 7) is 0. The summed E-state index contributed by atoms with van der Waals surface area (Å²) in [6.07, 6.45) is 0. The second-order valence-electron chi connectivity index (χ2n) is 13.3. The summed E-state index contributed by atoms with van der Waals surface area (Å²) in [6, 6.07) is 61.1. The molecule has 0 radical (unpaired) electrons. The normalized spacial score (nSPS) is 18.7. The molecule has 1 fully saturated rings. The quantitative estimate of drug-likeness (QED) is 0.101. The van der Waals surface area contributed by atoms with Crippen molar-refractivity contribution in [2.75, 3.05) is 4.90 Å². The van der Waals surface area contributed by atoms with Gasteiger partial charge in [-0.2, -0.15) is 0 Å². The molecular formula is C46H29IN3O-. The van der Waals surface area contributed by atoms with E-state index in [1.54, 1.807) is 0 Å². The molecule has 2 unspecified atom stereocenters. The molecule has 4 nitrogen and oxygen atoms in total. The van der Waals surface area contributed by atoms with Gasteiger partial charge in [0.1, 0.15) is 5.58 Å². The number of halogens is 1. The Morgan fingerprint density at radius 3 is 1.90 bits per heavy atom. The van der Waals surface area contributed by atoms with Crippen LogP contribution in [-0.2, 0) is 3.55 Å². The number of hydrogen-bond donors (Lipinski definition) is 0. The Hall–Kier alpha value is -5.79. The van der Waals surface area contributed by atoms with E-state index in [1.165, 1.54) is 28.0 Å². The number of aliphatic imine (C=N–C) groups is 2. The van der Waals surface area contributed by atoms with Crippen molar-refractivity contribution in [1.82, 2.24) is 0 Å². The number of nitrogens with zero attached hydrogens (tertiary/aromatic N) is 3. The van der Waals surface area contributed by atoms with Gasteiger partial charge < -0.3 is 4.42 Å². The molecule has 242 valence electrons. The molecule has 0 aliphatic carbocycles. The molecule has 0 saturated carbocycles. The molecule has 0 amide bonds. The van der Waals surface area contributed by atoms with Gasteiger partial charge in [-0.1, -0.05) is 18.2 Å². The SMILES string of the molecule is c1ccc(C2=NC3=NC4([I-]C24)c2cccc(c2)-c2cccc(c2)N(c2ccc4oc5ccccc5c4c2)c2cccc(c2)-c2cccc3c2)cc1. The molecule has 1 aromatic heterocycles. The minimum absolute atomic E-state index is 0.240. The van der Waals surface area contributed by atoms with Crippen molar-refractivity contribution in [2.24, 2.45) is 9.98 Å². The average molecular weight is 767 g/mol. The Morgan fingerprint density at radius 2 is 1.10 bits per heavy atom. The molecule has 51 heavy (non-hydrogen) atoms. The van der Waals surface area contributed by atoms with E-state index in [-0.39, 0.29) is 24.8 Å². The maximum atomic E-state index is 6.23. The first kappa shape index (κ1) is 29.0. The fourth-order valence-electron chi connectivity index (χ4n) is 7.73. The molecule has 4 heterocycles. The third kappa shape index (κ3) is 4.65. The first-order valence-corrected chi connectivity index (χ1v) is 19.5. The van der Waals surface area contributed by atoms with E-state index < -0.39 is 0 Å². The second kappa shape index (κ2) is 11.1. The van der Waals surface area contributed by atoms with Crippen LogP contribution in [0.3, 0.4) is 0 Å². The van der Waals surface area contributed by atoms with E-state index >= 15 is 0 Å². The number of hydrogen-bond acceptors (Lipinski definition) is 4. The van der Waals surface area contributed by atoms with Crippen LogP contribution in [0.4, 0.5) is 17.1 Å². The van der Waals surface area contributed by atoms with Gasteiger partial charge in [-0.05, 0) is 6.07 Å². The van der Waals surface area contributed by atoms with Crippen molar-refractivity contribution in [3.05, 3.63) is 187 Å². The van der Waals surface area contributed by atoms with E-state index in [0.717, 1.165) is 61.5 Å². The second-order valence-corrected chi connectivity index (χ2v) is 16.8. The number of furan rings is 1. The van der Waals surface area contributed by atoms with Gasteiger partial charge in [-0.3, -0.25) is 0 Å².